The Labute approximate surface area is 216 Å². The van der Waals surface area contributed by atoms with Crippen LogP contribution >= 0.6 is 11.6 Å². The minimum absolute atomic E-state index is 0.0380. The van der Waals surface area contributed by atoms with Crippen molar-refractivity contribution in [3.05, 3.63) is 118 Å². The zero-order chi connectivity index (χ0) is 26.8. The molecule has 0 aromatic heterocycles. The van der Waals surface area contributed by atoms with Crippen LogP contribution in [0.1, 0.15) is 33.2 Å². The van der Waals surface area contributed by atoms with Gasteiger partial charge in [0.25, 0.3) is 11.8 Å². The highest BCUT2D eigenvalue weighted by Gasteiger charge is 2.70. The highest BCUT2D eigenvalue weighted by atomic mass is 35.5. The lowest BCUT2D eigenvalue weighted by Crippen LogP contribution is -2.66. The van der Waals surface area contributed by atoms with Gasteiger partial charge in [-0.1, -0.05) is 72.3 Å². The molecule has 9 heteroatoms. The van der Waals surface area contributed by atoms with E-state index in [0.717, 1.165) is 10.5 Å². The molecule has 0 fully saturated rings. The zero-order valence-corrected chi connectivity index (χ0v) is 20.4. The Kier molecular flexibility index (Phi) is 7.23. The number of amides is 2. The number of benzene rings is 3. The Morgan fingerprint density at radius 2 is 1.46 bits per heavy atom. The predicted molar refractivity (Wildman–Crippen MR) is 133 cm³/mol. The van der Waals surface area contributed by atoms with Crippen molar-refractivity contribution in [2.75, 3.05) is 6.54 Å². The first-order valence-corrected chi connectivity index (χ1v) is 11.8. The van der Waals surface area contributed by atoms with E-state index in [9.17, 15) is 27.6 Å². The summed E-state index contributed by atoms with van der Waals surface area (Å²) in [5.41, 5.74) is -3.95. The van der Waals surface area contributed by atoms with E-state index in [1.54, 1.807) is 36.4 Å². The van der Waals surface area contributed by atoms with Crippen LogP contribution in [0.4, 0.5) is 13.2 Å². The molecular formula is C28H22ClF3N2O3. The van der Waals surface area contributed by atoms with Crippen molar-refractivity contribution in [2.45, 2.75) is 25.1 Å². The van der Waals surface area contributed by atoms with Gasteiger partial charge in [0.15, 0.2) is 5.78 Å². The van der Waals surface area contributed by atoms with Gasteiger partial charge >= 0.3 is 6.18 Å². The molecule has 5 nitrogen and oxygen atoms in total. The van der Waals surface area contributed by atoms with Crippen molar-refractivity contribution < 1.29 is 27.6 Å². The number of ketones is 1. The smallest absolute Gasteiger partial charge is 0.326 e. The molecule has 4 rings (SSSR count). The van der Waals surface area contributed by atoms with Gasteiger partial charge in [0.1, 0.15) is 0 Å². The lowest BCUT2D eigenvalue weighted by Gasteiger charge is -2.33. The number of rotatable bonds is 7. The molecule has 0 spiro atoms. The third kappa shape index (κ3) is 4.89. The third-order valence-electron chi connectivity index (χ3n) is 6.27. The van der Waals surface area contributed by atoms with Crippen LogP contribution in [0.3, 0.4) is 0 Å². The summed E-state index contributed by atoms with van der Waals surface area (Å²) in [7, 11) is 0. The van der Waals surface area contributed by atoms with Gasteiger partial charge in [0, 0.05) is 28.4 Å². The van der Waals surface area contributed by atoms with Crippen molar-refractivity contribution in [1.82, 2.24) is 10.2 Å². The van der Waals surface area contributed by atoms with Gasteiger partial charge in [-0.05, 0) is 43.2 Å². The van der Waals surface area contributed by atoms with Crippen LogP contribution < -0.4 is 5.32 Å². The lowest BCUT2D eigenvalue weighted by molar-refractivity contribution is -0.189. The number of allylic oxidation sites excluding steroid dienone is 1. The summed E-state index contributed by atoms with van der Waals surface area (Å²) in [5, 5.41) is 2.18. The molecule has 190 valence electrons. The van der Waals surface area contributed by atoms with E-state index < -0.39 is 34.9 Å². The minimum atomic E-state index is -5.32. The molecule has 0 radical (unpaired) electrons. The molecule has 37 heavy (non-hydrogen) atoms. The van der Waals surface area contributed by atoms with Crippen LogP contribution in [0.2, 0.25) is 5.02 Å². The van der Waals surface area contributed by atoms with E-state index in [1.807, 2.05) is 5.32 Å². The summed E-state index contributed by atoms with van der Waals surface area (Å²) in [4.78, 5) is 41.2. The molecule has 0 aliphatic carbocycles. The van der Waals surface area contributed by atoms with Gasteiger partial charge in [0.05, 0.1) is 5.57 Å². The third-order valence-corrected chi connectivity index (χ3v) is 6.52. The quantitative estimate of drug-likeness (QED) is 0.407. The Balaban J connectivity index is 1.83. The first-order valence-electron chi connectivity index (χ1n) is 11.4. The number of carbonyl (C=O) groups is 3. The molecule has 1 atom stereocenters. The minimum Gasteiger partial charge on any atom is -0.326 e. The maximum absolute atomic E-state index is 15.0. The van der Waals surface area contributed by atoms with Gasteiger partial charge in [-0.3, -0.25) is 14.4 Å². The van der Waals surface area contributed by atoms with Crippen LogP contribution in [-0.2, 0) is 11.2 Å². The van der Waals surface area contributed by atoms with Gasteiger partial charge < -0.3 is 10.2 Å². The number of nitrogens with one attached hydrogen (secondary N) is 1. The van der Waals surface area contributed by atoms with E-state index in [4.69, 9.17) is 11.6 Å². The molecule has 0 saturated carbocycles. The fourth-order valence-corrected chi connectivity index (χ4v) is 4.51. The van der Waals surface area contributed by atoms with E-state index >= 15 is 0 Å². The molecular weight excluding hydrogens is 505 g/mol. The maximum Gasteiger partial charge on any atom is 0.425 e. The first-order chi connectivity index (χ1) is 17.6. The molecule has 0 saturated heterocycles. The predicted octanol–water partition coefficient (Wildman–Crippen LogP) is 5.61. The number of alkyl halides is 3. The topological polar surface area (TPSA) is 66.5 Å². The normalized spacial score (nSPS) is 17.8. The van der Waals surface area contributed by atoms with Crippen LogP contribution in [-0.4, -0.2) is 40.8 Å². The molecule has 0 bridgehead atoms. The van der Waals surface area contributed by atoms with Crippen molar-refractivity contribution in [2.24, 2.45) is 0 Å². The number of carbonyl (C=O) groups excluding carboxylic acids is 3. The van der Waals surface area contributed by atoms with Gasteiger partial charge in [-0.2, -0.15) is 13.2 Å². The summed E-state index contributed by atoms with van der Waals surface area (Å²) in [5.74, 6) is -3.60. The molecule has 1 aliphatic heterocycles. The van der Waals surface area contributed by atoms with Crippen molar-refractivity contribution >= 4 is 29.2 Å². The van der Waals surface area contributed by atoms with E-state index in [-0.39, 0.29) is 34.8 Å². The molecule has 1 N–H and O–H groups in total. The maximum atomic E-state index is 15.0. The molecule has 2 amide bonds. The lowest BCUT2D eigenvalue weighted by atomic mass is 9.84. The second-order valence-corrected chi connectivity index (χ2v) is 8.99. The summed E-state index contributed by atoms with van der Waals surface area (Å²) < 4.78 is 44.9. The monoisotopic (exact) mass is 526 g/mol. The average Bonchev–Trinajstić information content (AvgIpc) is 3.10. The van der Waals surface area contributed by atoms with Crippen molar-refractivity contribution in [3.8, 4) is 0 Å². The van der Waals surface area contributed by atoms with E-state index in [1.165, 1.54) is 55.5 Å². The van der Waals surface area contributed by atoms with Gasteiger partial charge in [-0.25, -0.2) is 0 Å². The molecule has 1 aliphatic rings. The van der Waals surface area contributed by atoms with Crippen molar-refractivity contribution in [3.63, 3.8) is 0 Å². The Bertz CT molecular complexity index is 1360. The Hall–Kier alpha value is -3.91. The Morgan fingerprint density at radius 1 is 0.892 bits per heavy atom. The van der Waals surface area contributed by atoms with E-state index in [0.29, 0.717) is 0 Å². The zero-order valence-electron chi connectivity index (χ0n) is 19.7. The molecule has 0 unspecified atom stereocenters. The number of hydrogen-bond donors (Lipinski definition) is 1. The summed E-state index contributed by atoms with van der Waals surface area (Å²) in [6.45, 7) is 1.18. The largest absolute Gasteiger partial charge is 0.425 e. The molecule has 1 heterocycles. The summed E-state index contributed by atoms with van der Waals surface area (Å²) in [6, 6.07) is 21.5. The van der Waals surface area contributed by atoms with E-state index in [2.05, 4.69) is 0 Å². The number of hydrogen-bond acceptors (Lipinski definition) is 3. The SMILES string of the molecule is CC1=C(C(=O)c2ccccc2)[C@@](NC(=O)c2ccc(Cl)cc2)(C(F)(F)F)C(=O)N1CCc1ccccc1. The average molecular weight is 527 g/mol. The van der Waals surface area contributed by atoms with Gasteiger partial charge in [-0.15, -0.1) is 0 Å². The number of nitrogens with zero attached hydrogens (tertiary/aromatic N) is 1. The second-order valence-electron chi connectivity index (χ2n) is 8.56. The standard InChI is InChI=1S/C28H22ClF3N2O3/c1-18-23(24(35)20-10-6-3-7-11-20)27(28(30,31)32,33-25(36)21-12-14-22(29)15-13-21)26(37)34(18)17-16-19-8-4-2-5-9-19/h2-15H,16-17H2,1H3,(H,33,36)/t27-/m0/s1. The highest BCUT2D eigenvalue weighted by Crippen LogP contribution is 2.46. The number of Topliss-reactive ketones (excluding diaryl/α,β-unsaturated/α-hetero) is 1. The van der Waals surface area contributed by atoms with Crippen LogP contribution in [0.5, 0.6) is 0 Å². The molecule has 3 aromatic carbocycles. The second kappa shape index (κ2) is 10.2. The van der Waals surface area contributed by atoms with Crippen LogP contribution in [0.15, 0.2) is 96.2 Å². The summed E-state index contributed by atoms with van der Waals surface area (Å²) >= 11 is 5.84. The fourth-order valence-electron chi connectivity index (χ4n) is 4.38. The first kappa shape index (κ1) is 26.2. The van der Waals surface area contributed by atoms with Crippen LogP contribution in [0, 0.1) is 0 Å². The molecule has 3 aromatic rings. The number of halogens is 4. The summed E-state index contributed by atoms with van der Waals surface area (Å²) in [6.07, 6.45) is -5.08. The highest BCUT2D eigenvalue weighted by molar-refractivity contribution is 6.30. The Morgan fingerprint density at radius 3 is 2.03 bits per heavy atom. The fraction of sp³-hybridized carbons (Fsp3) is 0.179. The van der Waals surface area contributed by atoms with Gasteiger partial charge in [0.2, 0.25) is 5.54 Å². The van der Waals surface area contributed by atoms with Crippen LogP contribution in [0.25, 0.3) is 0 Å². The van der Waals surface area contributed by atoms with Crippen molar-refractivity contribution in [1.29, 1.82) is 0 Å².